The zero-order chi connectivity index (χ0) is 19.1. The Morgan fingerprint density at radius 1 is 1.19 bits per heavy atom. The monoisotopic (exact) mass is 381 g/mol. The van der Waals surface area contributed by atoms with E-state index >= 15 is 0 Å². The molecule has 2 aliphatic heterocycles. The molecule has 26 heavy (non-hydrogen) atoms. The second kappa shape index (κ2) is 6.88. The molecule has 0 bridgehead atoms. The highest BCUT2D eigenvalue weighted by atomic mass is 32.2. The molecule has 1 aromatic rings. The van der Waals surface area contributed by atoms with Crippen LogP contribution < -0.4 is 4.90 Å². The first-order valence-corrected chi connectivity index (χ1v) is 10.2. The normalized spacial score (nSPS) is 24.9. The molecule has 0 aliphatic carbocycles. The fourth-order valence-electron chi connectivity index (χ4n) is 3.73. The molecular formula is C17H23N3O5S. The van der Waals surface area contributed by atoms with Gasteiger partial charge in [0.2, 0.25) is 0 Å². The lowest BCUT2D eigenvalue weighted by Gasteiger charge is -2.43. The van der Waals surface area contributed by atoms with Crippen molar-refractivity contribution >= 4 is 27.4 Å². The summed E-state index contributed by atoms with van der Waals surface area (Å²) in [5.41, 5.74) is 1.39. The number of nitrogens with zero attached hydrogens (tertiary/aromatic N) is 3. The third-order valence-electron chi connectivity index (χ3n) is 5.00. The Labute approximate surface area is 152 Å². The Morgan fingerprint density at radius 2 is 1.88 bits per heavy atom. The van der Waals surface area contributed by atoms with Crippen LogP contribution in [0.4, 0.5) is 5.69 Å². The van der Waals surface area contributed by atoms with E-state index in [-0.39, 0.29) is 24.0 Å². The molecule has 8 nitrogen and oxygen atoms in total. The van der Waals surface area contributed by atoms with Crippen molar-refractivity contribution in [2.45, 2.75) is 12.1 Å². The van der Waals surface area contributed by atoms with Crippen molar-refractivity contribution in [2.24, 2.45) is 0 Å². The van der Waals surface area contributed by atoms with Gasteiger partial charge in [0.25, 0.3) is 5.91 Å². The predicted octanol–water partition coefficient (Wildman–Crippen LogP) is -0.239. The Morgan fingerprint density at radius 3 is 2.54 bits per heavy atom. The van der Waals surface area contributed by atoms with Gasteiger partial charge >= 0.3 is 5.97 Å². The number of carbonyl (C=O) groups is 2. The summed E-state index contributed by atoms with van der Waals surface area (Å²) in [7, 11) is 0.461. The quantitative estimate of drug-likeness (QED) is 0.769. The van der Waals surface area contributed by atoms with Crippen LogP contribution in [-0.2, 0) is 14.6 Å². The SMILES string of the molecule is CN(C)c1cccc(C(=O)N2CCN(CC(=O)O)[C@@H]3CS(=O)(=O)C[C@@H]32)c1. The lowest BCUT2D eigenvalue weighted by Crippen LogP contribution is -2.61. The standard InChI is InChI=1S/C17H23N3O5S/c1-18(2)13-5-3-4-12(8-13)17(23)20-7-6-19(9-16(21)22)14-10-26(24,25)11-15(14)20/h3-5,8,14-15H,6-7,9-11H2,1-2H3,(H,21,22)/t14-,15+/m1/s1. The van der Waals surface area contributed by atoms with E-state index in [1.807, 2.05) is 25.1 Å². The summed E-state index contributed by atoms with van der Waals surface area (Å²) in [5, 5.41) is 9.08. The molecule has 0 aromatic heterocycles. The number of amides is 1. The minimum Gasteiger partial charge on any atom is -0.480 e. The molecule has 2 heterocycles. The molecule has 2 atom stereocenters. The van der Waals surface area contributed by atoms with Crippen LogP contribution in [0.5, 0.6) is 0 Å². The molecular weight excluding hydrogens is 358 g/mol. The zero-order valence-corrected chi connectivity index (χ0v) is 15.6. The summed E-state index contributed by atoms with van der Waals surface area (Å²) in [5.74, 6) is -1.43. The fraction of sp³-hybridized carbons (Fsp3) is 0.529. The van der Waals surface area contributed by atoms with E-state index in [0.717, 1.165) is 5.69 Å². The molecule has 3 rings (SSSR count). The van der Waals surface area contributed by atoms with Gasteiger partial charge in [-0.2, -0.15) is 0 Å². The average molecular weight is 381 g/mol. The van der Waals surface area contributed by atoms with E-state index in [1.165, 1.54) is 0 Å². The van der Waals surface area contributed by atoms with Crippen molar-refractivity contribution in [3.8, 4) is 0 Å². The topological polar surface area (TPSA) is 98.2 Å². The smallest absolute Gasteiger partial charge is 0.317 e. The molecule has 1 N–H and O–H groups in total. The van der Waals surface area contributed by atoms with E-state index in [4.69, 9.17) is 5.11 Å². The van der Waals surface area contributed by atoms with E-state index in [2.05, 4.69) is 0 Å². The number of aliphatic carboxylic acids is 1. The van der Waals surface area contributed by atoms with Crippen LogP contribution in [0.2, 0.25) is 0 Å². The number of benzene rings is 1. The lowest BCUT2D eigenvalue weighted by atomic mass is 10.0. The summed E-state index contributed by atoms with van der Waals surface area (Å²) in [4.78, 5) is 29.3. The maximum atomic E-state index is 13.0. The van der Waals surface area contributed by atoms with Crippen molar-refractivity contribution in [1.29, 1.82) is 0 Å². The number of hydrogen-bond acceptors (Lipinski definition) is 6. The Kier molecular flexibility index (Phi) is 4.94. The van der Waals surface area contributed by atoms with Crippen LogP contribution in [0.15, 0.2) is 24.3 Å². The Bertz CT molecular complexity index is 823. The number of carbonyl (C=O) groups excluding carboxylic acids is 1. The van der Waals surface area contributed by atoms with Crippen LogP contribution in [0, 0.1) is 0 Å². The van der Waals surface area contributed by atoms with Gasteiger partial charge in [0, 0.05) is 44.5 Å². The molecule has 0 unspecified atom stereocenters. The molecule has 2 saturated heterocycles. The molecule has 0 spiro atoms. The number of anilines is 1. The first-order chi connectivity index (χ1) is 12.2. The molecule has 2 fully saturated rings. The summed E-state index contributed by atoms with van der Waals surface area (Å²) in [6.45, 7) is 0.450. The summed E-state index contributed by atoms with van der Waals surface area (Å²) >= 11 is 0. The highest BCUT2D eigenvalue weighted by Crippen LogP contribution is 2.28. The molecule has 0 radical (unpaired) electrons. The van der Waals surface area contributed by atoms with E-state index in [1.54, 1.807) is 28.0 Å². The third-order valence-corrected chi connectivity index (χ3v) is 6.70. The number of sulfone groups is 1. The third kappa shape index (κ3) is 3.68. The van der Waals surface area contributed by atoms with Crippen LogP contribution in [0.3, 0.4) is 0 Å². The van der Waals surface area contributed by atoms with Crippen molar-refractivity contribution in [3.05, 3.63) is 29.8 Å². The molecule has 142 valence electrons. The molecule has 1 amide bonds. The lowest BCUT2D eigenvalue weighted by molar-refractivity contribution is -0.139. The number of piperazine rings is 1. The number of fused-ring (bicyclic) bond motifs is 1. The summed E-state index contributed by atoms with van der Waals surface area (Å²) in [6, 6.07) is 6.22. The highest BCUT2D eigenvalue weighted by molar-refractivity contribution is 7.91. The molecule has 9 heteroatoms. The van der Waals surface area contributed by atoms with Gasteiger partial charge < -0.3 is 14.9 Å². The predicted molar refractivity (Wildman–Crippen MR) is 97.2 cm³/mol. The van der Waals surface area contributed by atoms with E-state index in [9.17, 15) is 18.0 Å². The fourth-order valence-corrected chi connectivity index (χ4v) is 5.74. The Hall–Kier alpha value is -2.13. The first kappa shape index (κ1) is 18.7. The van der Waals surface area contributed by atoms with Crippen molar-refractivity contribution < 1.29 is 23.1 Å². The van der Waals surface area contributed by atoms with Crippen molar-refractivity contribution in [2.75, 3.05) is 50.1 Å². The minimum atomic E-state index is -3.30. The van der Waals surface area contributed by atoms with Gasteiger partial charge in [0.15, 0.2) is 9.84 Å². The Balaban J connectivity index is 1.87. The second-order valence-corrected chi connectivity index (χ2v) is 9.17. The largest absolute Gasteiger partial charge is 0.480 e. The second-order valence-electron chi connectivity index (χ2n) is 7.02. The van der Waals surface area contributed by atoms with Gasteiger partial charge in [0.1, 0.15) is 0 Å². The summed E-state index contributed by atoms with van der Waals surface area (Å²) in [6.07, 6.45) is 0. The van der Waals surface area contributed by atoms with E-state index in [0.29, 0.717) is 18.7 Å². The van der Waals surface area contributed by atoms with Gasteiger partial charge in [-0.1, -0.05) is 6.07 Å². The van der Waals surface area contributed by atoms with Crippen LogP contribution in [0.25, 0.3) is 0 Å². The van der Waals surface area contributed by atoms with Crippen molar-refractivity contribution in [3.63, 3.8) is 0 Å². The molecule has 2 aliphatic rings. The highest BCUT2D eigenvalue weighted by Gasteiger charge is 2.48. The van der Waals surface area contributed by atoms with Crippen LogP contribution >= 0.6 is 0 Å². The number of hydrogen-bond donors (Lipinski definition) is 1. The van der Waals surface area contributed by atoms with Gasteiger partial charge in [-0.3, -0.25) is 14.5 Å². The van der Waals surface area contributed by atoms with Crippen LogP contribution in [-0.4, -0.2) is 92.5 Å². The number of carboxylic acid groups (broad SMARTS) is 1. The van der Waals surface area contributed by atoms with Gasteiger partial charge in [-0.05, 0) is 18.2 Å². The average Bonchev–Trinajstić information content (AvgIpc) is 2.89. The number of carboxylic acids is 1. The van der Waals surface area contributed by atoms with Crippen molar-refractivity contribution in [1.82, 2.24) is 9.80 Å². The van der Waals surface area contributed by atoms with Gasteiger partial charge in [-0.25, -0.2) is 8.42 Å². The zero-order valence-electron chi connectivity index (χ0n) is 14.8. The maximum Gasteiger partial charge on any atom is 0.317 e. The van der Waals surface area contributed by atoms with Gasteiger partial charge in [0.05, 0.1) is 24.1 Å². The molecule has 0 saturated carbocycles. The van der Waals surface area contributed by atoms with Crippen LogP contribution in [0.1, 0.15) is 10.4 Å². The van der Waals surface area contributed by atoms with Gasteiger partial charge in [-0.15, -0.1) is 0 Å². The number of rotatable bonds is 4. The summed E-state index contributed by atoms with van der Waals surface area (Å²) < 4.78 is 24.3. The maximum absolute atomic E-state index is 13.0. The molecule has 1 aromatic carbocycles. The minimum absolute atomic E-state index is 0.105. The first-order valence-electron chi connectivity index (χ1n) is 8.42. The van der Waals surface area contributed by atoms with E-state index < -0.39 is 27.9 Å².